The first-order valence-corrected chi connectivity index (χ1v) is 2.76. The highest BCUT2D eigenvalue weighted by atomic mass is 16.4. The number of nitrogens with one attached hydrogen (secondary N) is 1. The van der Waals surface area contributed by atoms with Crippen LogP contribution in [0.25, 0.3) is 0 Å². The number of carbonyl (C=O) groups is 2. The van der Waals surface area contributed by atoms with Gasteiger partial charge < -0.3 is 16.1 Å². The molecule has 8 heteroatoms. The fourth-order valence-corrected chi connectivity index (χ4v) is 0.176. The van der Waals surface area contributed by atoms with Crippen molar-refractivity contribution in [1.82, 2.24) is 0 Å². The van der Waals surface area contributed by atoms with Crippen molar-refractivity contribution in [3.8, 4) is 0 Å². The minimum absolute atomic E-state index is 0.558. The van der Waals surface area contributed by atoms with Crippen molar-refractivity contribution in [2.24, 2.45) is 16.1 Å². The highest BCUT2D eigenvalue weighted by Gasteiger charge is 1.88. The quantitative estimate of drug-likeness (QED) is 0.119. The molecule has 5 N–H and O–H groups in total. The number of hydrogen-bond donors (Lipinski definition) is 4. The van der Waals surface area contributed by atoms with E-state index in [2.05, 4.69) is 16.1 Å². The number of nitrogens with zero attached hydrogens (tertiary/aromatic N) is 2. The molecular weight excluding hydrogens is 180 g/mol. The van der Waals surface area contributed by atoms with Crippen molar-refractivity contribution < 1.29 is 19.8 Å². The third-order valence-corrected chi connectivity index (χ3v) is 0.493. The molecule has 0 aliphatic carbocycles. The van der Waals surface area contributed by atoms with E-state index in [1.165, 1.54) is 0 Å². The lowest BCUT2D eigenvalue weighted by Crippen LogP contribution is -1.91. The molecule has 8 nitrogen and oxygen atoms in total. The maximum Gasteiger partial charge on any atom is 0.328 e. The molecule has 0 rings (SSSR count). The molecule has 0 bridgehead atoms. The van der Waals surface area contributed by atoms with Gasteiger partial charge in [0.15, 0.2) is 6.34 Å². The van der Waals surface area contributed by atoms with Crippen LogP contribution in [0.4, 0.5) is 0 Å². The Morgan fingerprint density at radius 1 is 1.23 bits per heavy atom. The zero-order valence-corrected chi connectivity index (χ0v) is 6.41. The summed E-state index contributed by atoms with van der Waals surface area (Å²) in [5.74, 6) is 1.98. The summed E-state index contributed by atoms with van der Waals surface area (Å²) in [5, 5.41) is 21.2. The van der Waals surface area contributed by atoms with Crippen molar-refractivity contribution in [2.75, 3.05) is 0 Å². The van der Waals surface area contributed by atoms with Crippen LogP contribution >= 0.6 is 0 Å². The Bertz CT molecular complexity index is 219. The summed E-state index contributed by atoms with van der Waals surface area (Å²) in [6.07, 6.45) is 2.06. The molecule has 0 aromatic rings. The number of carboxylic acids is 2. The van der Waals surface area contributed by atoms with Gasteiger partial charge in [0.1, 0.15) is 0 Å². The van der Waals surface area contributed by atoms with Crippen molar-refractivity contribution >= 4 is 18.3 Å². The second-order valence-electron chi connectivity index (χ2n) is 1.40. The maximum absolute atomic E-state index is 9.55. The summed E-state index contributed by atoms with van der Waals surface area (Å²) in [7, 11) is 0. The average molecular weight is 188 g/mol. The molecule has 0 aromatic heterocycles. The third-order valence-electron chi connectivity index (χ3n) is 0.493. The molecule has 0 aromatic carbocycles. The van der Waals surface area contributed by atoms with Crippen LogP contribution in [0, 0.1) is 5.53 Å². The average Bonchev–Trinajstić information content (AvgIpc) is 2.03. The predicted molar refractivity (Wildman–Crippen MR) is 42.2 cm³/mol. The largest absolute Gasteiger partial charge is 0.478 e. The Morgan fingerprint density at radius 3 is 1.69 bits per heavy atom. The van der Waals surface area contributed by atoms with Crippen molar-refractivity contribution in [1.29, 1.82) is 5.53 Å². The lowest BCUT2D eigenvalue weighted by Gasteiger charge is -1.74. The number of hydrogen-bond acceptors (Lipinski definition) is 5. The van der Waals surface area contributed by atoms with Gasteiger partial charge in [-0.05, 0) is 0 Å². The topological polar surface area (TPSA) is 149 Å². The second kappa shape index (κ2) is 9.75. The van der Waals surface area contributed by atoms with Crippen molar-refractivity contribution in [2.45, 2.75) is 0 Å². The van der Waals surface area contributed by atoms with Gasteiger partial charge in [-0.3, -0.25) is 0 Å². The minimum Gasteiger partial charge on any atom is -0.478 e. The molecule has 72 valence electrons. The molecule has 0 heterocycles. The van der Waals surface area contributed by atoms with Crippen LogP contribution in [-0.2, 0) is 9.59 Å². The van der Waals surface area contributed by atoms with E-state index in [1.807, 2.05) is 0 Å². The summed E-state index contributed by atoms with van der Waals surface area (Å²) in [6, 6.07) is 0. The highest BCUT2D eigenvalue weighted by Crippen LogP contribution is 1.70. The fraction of sp³-hybridized carbons (Fsp3) is 0. The van der Waals surface area contributed by atoms with Gasteiger partial charge in [-0.15, -0.1) is 5.11 Å². The van der Waals surface area contributed by atoms with Gasteiger partial charge in [0.2, 0.25) is 0 Å². The Morgan fingerprint density at radius 2 is 1.62 bits per heavy atom. The second-order valence-corrected chi connectivity index (χ2v) is 1.40. The summed E-state index contributed by atoms with van der Waals surface area (Å²) in [5.41, 5.74) is 6.00. The number of carboxylic acid groups (broad SMARTS) is 2. The van der Waals surface area contributed by atoms with E-state index in [9.17, 15) is 9.59 Å². The Labute approximate surface area is 72.9 Å². The fourth-order valence-electron chi connectivity index (χ4n) is 0.176. The van der Waals surface area contributed by atoms with E-state index in [1.54, 1.807) is 0 Å². The number of hydrazone groups is 1. The standard InChI is InChI=1S/C4H4O4.CH4N4/c5-3(6)1-2-4(7)8;2-4-1-5-3/h1-2H,(H,5,6)(H,7,8);1-2H,3H2/b2-1-;. The van der Waals surface area contributed by atoms with Crippen LogP contribution in [0.3, 0.4) is 0 Å². The molecule has 0 saturated carbocycles. The molecule has 0 radical (unpaired) electrons. The highest BCUT2D eigenvalue weighted by molar-refractivity contribution is 5.89. The van der Waals surface area contributed by atoms with Crippen LogP contribution in [0.1, 0.15) is 0 Å². The first kappa shape index (κ1) is 13.3. The molecule has 0 fully saturated rings. The molecule has 0 aliphatic heterocycles. The number of aliphatic carboxylic acids is 2. The molecular formula is C5H8N4O4. The van der Waals surface area contributed by atoms with Crippen LogP contribution < -0.4 is 5.84 Å². The van der Waals surface area contributed by atoms with Crippen LogP contribution in [-0.4, -0.2) is 28.5 Å². The summed E-state index contributed by atoms with van der Waals surface area (Å²) in [6.45, 7) is 0. The normalized spacial score (nSPS) is 9.23. The minimum atomic E-state index is -1.26. The Hall–Kier alpha value is -2.25. The summed E-state index contributed by atoms with van der Waals surface area (Å²) in [4.78, 5) is 19.1. The third kappa shape index (κ3) is 26.0. The predicted octanol–water partition coefficient (Wildman–Crippen LogP) is -0.369. The van der Waals surface area contributed by atoms with E-state index in [-0.39, 0.29) is 0 Å². The van der Waals surface area contributed by atoms with Gasteiger partial charge in [0.05, 0.1) is 0 Å². The zero-order chi connectivity index (χ0) is 10.7. The van der Waals surface area contributed by atoms with Crippen LogP contribution in [0.15, 0.2) is 22.4 Å². The first-order chi connectivity index (χ1) is 6.04. The van der Waals surface area contributed by atoms with Crippen molar-refractivity contribution in [3.63, 3.8) is 0 Å². The van der Waals surface area contributed by atoms with Crippen molar-refractivity contribution in [3.05, 3.63) is 12.2 Å². The van der Waals surface area contributed by atoms with Crippen LogP contribution in [0.5, 0.6) is 0 Å². The van der Waals surface area contributed by atoms with Gasteiger partial charge in [0.25, 0.3) is 0 Å². The van der Waals surface area contributed by atoms with Gasteiger partial charge in [-0.2, -0.15) is 5.10 Å². The van der Waals surface area contributed by atoms with Crippen LogP contribution in [0.2, 0.25) is 0 Å². The van der Waals surface area contributed by atoms with E-state index in [0.717, 1.165) is 6.34 Å². The Kier molecular flexibility index (Phi) is 10.0. The summed E-state index contributed by atoms with van der Waals surface area (Å²) < 4.78 is 0. The van der Waals surface area contributed by atoms with Gasteiger partial charge in [-0.1, -0.05) is 0 Å². The summed E-state index contributed by atoms with van der Waals surface area (Å²) >= 11 is 0. The smallest absolute Gasteiger partial charge is 0.328 e. The molecule has 0 amide bonds. The SMILES string of the molecule is N=NC=NN.O=C(O)/C=C\C(=O)O. The molecule has 13 heavy (non-hydrogen) atoms. The monoisotopic (exact) mass is 188 g/mol. The van der Waals surface area contributed by atoms with Gasteiger partial charge >= 0.3 is 11.9 Å². The van der Waals surface area contributed by atoms with Gasteiger partial charge in [0, 0.05) is 12.2 Å². The maximum atomic E-state index is 9.55. The van der Waals surface area contributed by atoms with E-state index < -0.39 is 11.9 Å². The first-order valence-electron chi connectivity index (χ1n) is 2.76. The lowest BCUT2D eigenvalue weighted by atomic mass is 10.5. The molecule has 0 unspecified atom stereocenters. The van der Waals surface area contributed by atoms with Gasteiger partial charge in [-0.25, -0.2) is 15.1 Å². The Balaban J connectivity index is 0. The molecule has 0 spiro atoms. The van der Waals surface area contributed by atoms with E-state index in [4.69, 9.17) is 15.7 Å². The van der Waals surface area contributed by atoms with E-state index in [0.29, 0.717) is 12.2 Å². The lowest BCUT2D eigenvalue weighted by molar-refractivity contribution is -0.134. The molecule has 0 atom stereocenters. The van der Waals surface area contributed by atoms with E-state index >= 15 is 0 Å². The number of nitrogens with two attached hydrogens (primary N) is 1. The molecule has 0 aliphatic rings. The number of rotatable bonds is 3. The molecule has 0 saturated heterocycles. The zero-order valence-electron chi connectivity index (χ0n) is 6.41.